The van der Waals surface area contributed by atoms with Crippen LogP contribution in [0.25, 0.3) is 0 Å². The lowest BCUT2D eigenvalue weighted by Crippen LogP contribution is -2.39. The van der Waals surface area contributed by atoms with Crippen LogP contribution in [0.15, 0.2) is 28.7 Å². The number of piperidine rings is 2. The molecule has 2 aliphatic heterocycles. The molecule has 3 rings (SSSR count). The van der Waals surface area contributed by atoms with Gasteiger partial charge in [0.15, 0.2) is 0 Å². The van der Waals surface area contributed by atoms with E-state index in [4.69, 9.17) is 0 Å². The Morgan fingerprint density at radius 3 is 2.30 bits per heavy atom. The third kappa shape index (κ3) is 3.84. The standard InChI is InChI=1S/C17H25BrN2/c18-17-3-1-15(2-4-17)16-7-11-20(12-8-16)13-14-5-9-19-10-6-14/h1-4,14,16,19H,5-13H2. The van der Waals surface area contributed by atoms with E-state index >= 15 is 0 Å². The summed E-state index contributed by atoms with van der Waals surface area (Å²) in [5.74, 6) is 1.70. The highest BCUT2D eigenvalue weighted by molar-refractivity contribution is 9.10. The molecule has 0 spiro atoms. The molecule has 0 bridgehead atoms. The summed E-state index contributed by atoms with van der Waals surface area (Å²) in [6.07, 6.45) is 5.39. The van der Waals surface area contributed by atoms with E-state index < -0.39 is 0 Å². The average molecular weight is 337 g/mol. The quantitative estimate of drug-likeness (QED) is 0.906. The van der Waals surface area contributed by atoms with Crippen LogP contribution in [0, 0.1) is 5.92 Å². The second-order valence-corrected chi connectivity index (χ2v) is 7.24. The molecule has 0 saturated carbocycles. The molecular formula is C17H25BrN2. The average Bonchev–Trinajstić information content (AvgIpc) is 2.50. The van der Waals surface area contributed by atoms with Gasteiger partial charge in [-0.25, -0.2) is 0 Å². The number of halogens is 1. The van der Waals surface area contributed by atoms with E-state index in [1.807, 2.05) is 0 Å². The summed E-state index contributed by atoms with van der Waals surface area (Å²) >= 11 is 3.52. The Balaban J connectivity index is 1.47. The Labute approximate surface area is 131 Å². The minimum atomic E-state index is 0.771. The first-order valence-corrected chi connectivity index (χ1v) is 8.79. The first-order valence-electron chi connectivity index (χ1n) is 8.00. The molecule has 0 unspecified atom stereocenters. The lowest BCUT2D eigenvalue weighted by molar-refractivity contribution is 0.167. The zero-order chi connectivity index (χ0) is 13.8. The zero-order valence-electron chi connectivity index (χ0n) is 12.2. The molecule has 0 aromatic heterocycles. The SMILES string of the molecule is Brc1ccc(C2CCN(CC3CCNCC3)CC2)cc1. The maximum Gasteiger partial charge on any atom is 0.0175 e. The molecule has 110 valence electrons. The predicted molar refractivity (Wildman–Crippen MR) is 88.2 cm³/mol. The van der Waals surface area contributed by atoms with Crippen molar-refractivity contribution in [1.29, 1.82) is 0 Å². The first kappa shape index (κ1) is 14.6. The van der Waals surface area contributed by atoms with Crippen LogP contribution in [0.4, 0.5) is 0 Å². The van der Waals surface area contributed by atoms with E-state index in [0.717, 1.165) is 11.8 Å². The van der Waals surface area contributed by atoms with Gasteiger partial charge < -0.3 is 10.2 Å². The van der Waals surface area contributed by atoms with Gasteiger partial charge in [-0.15, -0.1) is 0 Å². The minimum Gasteiger partial charge on any atom is -0.317 e. The van der Waals surface area contributed by atoms with Crippen molar-refractivity contribution in [2.45, 2.75) is 31.6 Å². The third-order valence-corrected chi connectivity index (χ3v) is 5.43. The summed E-state index contributed by atoms with van der Waals surface area (Å²) in [6, 6.07) is 8.93. The monoisotopic (exact) mass is 336 g/mol. The van der Waals surface area contributed by atoms with Gasteiger partial charge >= 0.3 is 0 Å². The van der Waals surface area contributed by atoms with E-state index in [0.29, 0.717) is 0 Å². The van der Waals surface area contributed by atoms with Crippen molar-refractivity contribution in [1.82, 2.24) is 10.2 Å². The Hall–Kier alpha value is -0.380. The number of hydrogen-bond acceptors (Lipinski definition) is 2. The molecule has 2 nitrogen and oxygen atoms in total. The van der Waals surface area contributed by atoms with Gasteiger partial charge in [-0.1, -0.05) is 28.1 Å². The van der Waals surface area contributed by atoms with Gasteiger partial charge in [-0.3, -0.25) is 0 Å². The topological polar surface area (TPSA) is 15.3 Å². The van der Waals surface area contributed by atoms with Crippen LogP contribution in [0.5, 0.6) is 0 Å². The lowest BCUT2D eigenvalue weighted by atomic mass is 9.88. The molecule has 20 heavy (non-hydrogen) atoms. The van der Waals surface area contributed by atoms with Crippen molar-refractivity contribution < 1.29 is 0 Å². The van der Waals surface area contributed by atoms with Crippen LogP contribution in [0.3, 0.4) is 0 Å². The Kier molecular flexibility index (Phi) is 5.14. The summed E-state index contributed by atoms with van der Waals surface area (Å²) in [4.78, 5) is 2.70. The molecule has 1 aromatic rings. The Morgan fingerprint density at radius 1 is 1.00 bits per heavy atom. The summed E-state index contributed by atoms with van der Waals surface area (Å²) in [6.45, 7) is 6.34. The van der Waals surface area contributed by atoms with Crippen LogP contribution in [0.2, 0.25) is 0 Å². The van der Waals surface area contributed by atoms with Gasteiger partial charge in [0.25, 0.3) is 0 Å². The summed E-state index contributed by atoms with van der Waals surface area (Å²) < 4.78 is 1.18. The fraction of sp³-hybridized carbons (Fsp3) is 0.647. The van der Waals surface area contributed by atoms with Gasteiger partial charge in [-0.2, -0.15) is 0 Å². The predicted octanol–water partition coefficient (Wildman–Crippen LogP) is 3.63. The fourth-order valence-corrected chi connectivity index (χ4v) is 3.88. The van der Waals surface area contributed by atoms with Crippen molar-refractivity contribution in [3.63, 3.8) is 0 Å². The van der Waals surface area contributed by atoms with Crippen LogP contribution >= 0.6 is 15.9 Å². The van der Waals surface area contributed by atoms with E-state index in [-0.39, 0.29) is 0 Å². The summed E-state index contributed by atoms with van der Waals surface area (Å²) in [5, 5.41) is 3.46. The maximum atomic E-state index is 3.52. The van der Waals surface area contributed by atoms with E-state index in [2.05, 4.69) is 50.4 Å². The molecule has 0 aliphatic carbocycles. The summed E-state index contributed by atoms with van der Waals surface area (Å²) in [5.41, 5.74) is 1.52. The highest BCUT2D eigenvalue weighted by Crippen LogP contribution is 2.29. The molecular weight excluding hydrogens is 312 g/mol. The molecule has 3 heteroatoms. The van der Waals surface area contributed by atoms with Crippen molar-refractivity contribution in [2.24, 2.45) is 5.92 Å². The second-order valence-electron chi connectivity index (χ2n) is 6.32. The second kappa shape index (κ2) is 7.06. The van der Waals surface area contributed by atoms with E-state index in [1.54, 1.807) is 0 Å². The molecule has 2 fully saturated rings. The van der Waals surface area contributed by atoms with Gasteiger partial charge in [0.1, 0.15) is 0 Å². The number of benzene rings is 1. The van der Waals surface area contributed by atoms with Gasteiger partial charge in [0.05, 0.1) is 0 Å². The number of rotatable bonds is 3. The molecule has 2 saturated heterocycles. The first-order chi connectivity index (χ1) is 9.81. The maximum absolute atomic E-state index is 3.52. The fourth-order valence-electron chi connectivity index (χ4n) is 3.61. The molecule has 0 amide bonds. The van der Waals surface area contributed by atoms with Crippen molar-refractivity contribution in [2.75, 3.05) is 32.7 Å². The van der Waals surface area contributed by atoms with Gasteiger partial charge in [-0.05, 0) is 81.4 Å². The van der Waals surface area contributed by atoms with Gasteiger partial charge in [0.2, 0.25) is 0 Å². The van der Waals surface area contributed by atoms with Crippen molar-refractivity contribution in [3.05, 3.63) is 34.3 Å². The van der Waals surface area contributed by atoms with Crippen molar-refractivity contribution >= 4 is 15.9 Å². The highest BCUT2D eigenvalue weighted by atomic mass is 79.9. The van der Waals surface area contributed by atoms with Crippen LogP contribution in [0.1, 0.15) is 37.2 Å². The lowest BCUT2D eigenvalue weighted by Gasteiger charge is -2.35. The Bertz CT molecular complexity index is 404. The zero-order valence-corrected chi connectivity index (χ0v) is 13.7. The number of nitrogens with one attached hydrogen (secondary N) is 1. The minimum absolute atomic E-state index is 0.771. The third-order valence-electron chi connectivity index (χ3n) is 4.90. The normalized spacial score (nSPS) is 23.1. The Morgan fingerprint density at radius 2 is 1.65 bits per heavy atom. The smallest absolute Gasteiger partial charge is 0.0175 e. The van der Waals surface area contributed by atoms with E-state index in [1.165, 1.54) is 68.4 Å². The molecule has 1 aromatic carbocycles. The summed E-state index contributed by atoms with van der Waals surface area (Å²) in [7, 11) is 0. The molecule has 2 aliphatic rings. The number of hydrogen-bond donors (Lipinski definition) is 1. The van der Waals surface area contributed by atoms with Crippen LogP contribution in [-0.2, 0) is 0 Å². The highest BCUT2D eigenvalue weighted by Gasteiger charge is 2.23. The molecule has 2 heterocycles. The van der Waals surface area contributed by atoms with Gasteiger partial charge in [0, 0.05) is 11.0 Å². The molecule has 0 atom stereocenters. The van der Waals surface area contributed by atoms with Crippen LogP contribution < -0.4 is 5.32 Å². The van der Waals surface area contributed by atoms with Crippen LogP contribution in [-0.4, -0.2) is 37.6 Å². The largest absolute Gasteiger partial charge is 0.317 e. The van der Waals surface area contributed by atoms with E-state index in [9.17, 15) is 0 Å². The number of likely N-dealkylation sites (tertiary alicyclic amines) is 1. The number of nitrogens with zero attached hydrogens (tertiary/aromatic N) is 1. The van der Waals surface area contributed by atoms with Crippen molar-refractivity contribution in [3.8, 4) is 0 Å². The molecule has 0 radical (unpaired) electrons. The molecule has 1 N–H and O–H groups in total.